The van der Waals surface area contributed by atoms with Crippen LogP contribution in [0, 0.1) is 0 Å². The third kappa shape index (κ3) is 6.76. The van der Waals surface area contributed by atoms with Crippen molar-refractivity contribution in [3.05, 3.63) is 89.5 Å². The maximum absolute atomic E-state index is 6.53. The van der Waals surface area contributed by atoms with Crippen molar-refractivity contribution in [3.8, 4) is 17.2 Å². The fourth-order valence-corrected chi connectivity index (χ4v) is 5.31. The van der Waals surface area contributed by atoms with Crippen LogP contribution < -0.4 is 14.2 Å². The van der Waals surface area contributed by atoms with E-state index in [0.717, 1.165) is 73.0 Å². The second-order valence-corrected chi connectivity index (χ2v) is 10.6. The highest BCUT2D eigenvalue weighted by atomic mass is 16.5. The Hall–Kier alpha value is -3.47. The predicted octanol–water partition coefficient (Wildman–Crippen LogP) is 8.85. The summed E-state index contributed by atoms with van der Waals surface area (Å²) in [6.45, 7) is 5.95. The maximum atomic E-state index is 6.53. The molecule has 0 unspecified atom stereocenters. The largest absolute Gasteiger partial charge is 0.494 e. The standard InChI is InChI=1S/C34H42N2O3/c1-3-5-7-8-9-12-24-38-29-21-17-27(18-22-29)34-36-32(30-13-10-11-14-33(30)39-34)25-31(35-36)26-15-19-28(20-16-26)37-23-6-4-2/h10-11,13-22,32,34H,3-9,12,23-25H2,1-2H3/t32-,34-/m0/s1. The molecule has 2 aliphatic rings. The van der Waals surface area contributed by atoms with Crippen LogP contribution in [0.15, 0.2) is 77.9 Å². The van der Waals surface area contributed by atoms with Gasteiger partial charge in [0.2, 0.25) is 6.23 Å². The second-order valence-electron chi connectivity index (χ2n) is 10.6. The molecule has 0 N–H and O–H groups in total. The molecule has 5 nitrogen and oxygen atoms in total. The van der Waals surface area contributed by atoms with Gasteiger partial charge in [0, 0.05) is 17.5 Å². The van der Waals surface area contributed by atoms with Crippen molar-refractivity contribution in [2.45, 2.75) is 83.9 Å². The summed E-state index contributed by atoms with van der Waals surface area (Å²) in [5.74, 6) is 2.75. The van der Waals surface area contributed by atoms with Gasteiger partial charge in [-0.1, -0.05) is 70.6 Å². The van der Waals surface area contributed by atoms with E-state index in [-0.39, 0.29) is 12.3 Å². The molecule has 0 saturated heterocycles. The van der Waals surface area contributed by atoms with E-state index in [2.05, 4.69) is 85.6 Å². The van der Waals surface area contributed by atoms with Gasteiger partial charge in [0.05, 0.1) is 25.0 Å². The van der Waals surface area contributed by atoms with Crippen LogP contribution in [0.25, 0.3) is 0 Å². The van der Waals surface area contributed by atoms with E-state index in [9.17, 15) is 0 Å². The van der Waals surface area contributed by atoms with Crippen molar-refractivity contribution >= 4 is 5.71 Å². The minimum Gasteiger partial charge on any atom is -0.494 e. The molecule has 0 spiro atoms. The van der Waals surface area contributed by atoms with Gasteiger partial charge >= 0.3 is 0 Å². The van der Waals surface area contributed by atoms with Crippen LogP contribution in [0.3, 0.4) is 0 Å². The highest BCUT2D eigenvalue weighted by Gasteiger charge is 2.40. The Labute approximate surface area is 233 Å². The lowest BCUT2D eigenvalue weighted by atomic mass is 9.96. The Morgan fingerprint density at radius 2 is 1.38 bits per heavy atom. The quantitative estimate of drug-likeness (QED) is 0.197. The summed E-state index contributed by atoms with van der Waals surface area (Å²) in [4.78, 5) is 0. The number of benzene rings is 3. The Bertz CT molecular complexity index is 1210. The molecule has 0 aliphatic carbocycles. The molecule has 2 heterocycles. The first-order valence-electron chi connectivity index (χ1n) is 14.8. The molecule has 0 amide bonds. The van der Waals surface area contributed by atoms with E-state index < -0.39 is 0 Å². The molecule has 0 radical (unpaired) electrons. The summed E-state index contributed by atoms with van der Waals surface area (Å²) >= 11 is 0. The summed E-state index contributed by atoms with van der Waals surface area (Å²) in [6, 6.07) is 25.2. The van der Waals surface area contributed by atoms with Crippen molar-refractivity contribution in [1.29, 1.82) is 0 Å². The average Bonchev–Trinajstić information content (AvgIpc) is 3.43. The fraction of sp³-hybridized carbons (Fsp3) is 0.441. The molecule has 0 aromatic heterocycles. The molecule has 2 atom stereocenters. The zero-order chi connectivity index (χ0) is 26.9. The molecule has 39 heavy (non-hydrogen) atoms. The molecule has 206 valence electrons. The Kier molecular flexibility index (Phi) is 9.42. The fourth-order valence-electron chi connectivity index (χ4n) is 5.31. The monoisotopic (exact) mass is 526 g/mol. The average molecular weight is 527 g/mol. The highest BCUT2D eigenvalue weighted by molar-refractivity contribution is 6.02. The zero-order valence-electron chi connectivity index (χ0n) is 23.5. The molecule has 5 rings (SSSR count). The van der Waals surface area contributed by atoms with E-state index in [1.165, 1.54) is 37.7 Å². The number of nitrogens with zero attached hydrogens (tertiary/aromatic N) is 2. The second kappa shape index (κ2) is 13.5. The van der Waals surface area contributed by atoms with E-state index in [4.69, 9.17) is 19.3 Å². The van der Waals surface area contributed by atoms with E-state index in [1.54, 1.807) is 0 Å². The van der Waals surface area contributed by atoms with Gasteiger partial charge in [0.25, 0.3) is 0 Å². The normalized spacial score (nSPS) is 17.7. The number of hydrogen-bond acceptors (Lipinski definition) is 5. The SMILES string of the molecule is CCCCCCCCOc1ccc([C@@H]2Oc3ccccc3[C@@H]3CC(c4ccc(OCCCC)cc4)=NN32)cc1. The van der Waals surface area contributed by atoms with Crippen molar-refractivity contribution in [2.75, 3.05) is 13.2 Å². The third-order valence-electron chi connectivity index (χ3n) is 7.59. The Morgan fingerprint density at radius 1 is 0.744 bits per heavy atom. The van der Waals surface area contributed by atoms with Crippen molar-refractivity contribution in [1.82, 2.24) is 5.01 Å². The molecule has 2 aliphatic heterocycles. The lowest BCUT2D eigenvalue weighted by Gasteiger charge is -2.38. The summed E-state index contributed by atoms with van der Waals surface area (Å²) in [5.41, 5.74) is 4.46. The first-order chi connectivity index (χ1) is 19.3. The smallest absolute Gasteiger partial charge is 0.213 e. The van der Waals surface area contributed by atoms with Crippen LogP contribution in [0.2, 0.25) is 0 Å². The first-order valence-corrected chi connectivity index (χ1v) is 14.8. The highest BCUT2D eigenvalue weighted by Crippen LogP contribution is 2.47. The van der Waals surface area contributed by atoms with Gasteiger partial charge in [-0.15, -0.1) is 0 Å². The van der Waals surface area contributed by atoms with E-state index in [1.807, 2.05) is 6.07 Å². The molecule has 0 saturated carbocycles. The summed E-state index contributed by atoms with van der Waals surface area (Å²) in [7, 11) is 0. The minimum atomic E-state index is -0.285. The van der Waals surface area contributed by atoms with Gasteiger partial charge in [-0.3, -0.25) is 0 Å². The van der Waals surface area contributed by atoms with E-state index >= 15 is 0 Å². The summed E-state index contributed by atoms with van der Waals surface area (Å²) in [5, 5.41) is 7.24. The Balaban J connectivity index is 1.27. The van der Waals surface area contributed by atoms with Gasteiger partial charge < -0.3 is 14.2 Å². The third-order valence-corrected chi connectivity index (χ3v) is 7.59. The van der Waals surface area contributed by atoms with Crippen LogP contribution in [-0.2, 0) is 0 Å². The van der Waals surface area contributed by atoms with Gasteiger partial charge in [-0.2, -0.15) is 5.10 Å². The number of hydrogen-bond donors (Lipinski definition) is 0. The number of unbranched alkanes of at least 4 members (excludes halogenated alkanes) is 6. The minimum absolute atomic E-state index is 0.138. The van der Waals surface area contributed by atoms with Crippen LogP contribution in [0.5, 0.6) is 17.2 Å². The molecule has 3 aromatic rings. The number of rotatable bonds is 14. The number of ether oxygens (including phenoxy) is 3. The topological polar surface area (TPSA) is 43.3 Å². The van der Waals surface area contributed by atoms with Crippen molar-refractivity contribution in [3.63, 3.8) is 0 Å². The molecular formula is C34H42N2O3. The van der Waals surface area contributed by atoms with Crippen LogP contribution in [0.4, 0.5) is 0 Å². The van der Waals surface area contributed by atoms with Crippen molar-refractivity contribution in [2.24, 2.45) is 5.10 Å². The predicted molar refractivity (Wildman–Crippen MR) is 158 cm³/mol. The lowest BCUT2D eigenvalue weighted by molar-refractivity contribution is -0.0190. The molecule has 3 aromatic carbocycles. The number of hydrazone groups is 1. The Morgan fingerprint density at radius 3 is 2.13 bits per heavy atom. The number of para-hydroxylation sites is 1. The summed E-state index contributed by atoms with van der Waals surface area (Å²) < 4.78 is 18.4. The van der Waals surface area contributed by atoms with Crippen molar-refractivity contribution < 1.29 is 14.2 Å². The maximum Gasteiger partial charge on any atom is 0.213 e. The number of fused-ring (bicyclic) bond motifs is 3. The van der Waals surface area contributed by atoms with Gasteiger partial charge in [-0.05, 0) is 73.0 Å². The zero-order valence-corrected chi connectivity index (χ0v) is 23.5. The van der Waals surface area contributed by atoms with E-state index in [0.29, 0.717) is 0 Å². The molecular weight excluding hydrogens is 484 g/mol. The first kappa shape index (κ1) is 27.1. The summed E-state index contributed by atoms with van der Waals surface area (Å²) in [6.07, 6.45) is 10.3. The van der Waals surface area contributed by atoms with Gasteiger partial charge in [0.1, 0.15) is 17.2 Å². The van der Waals surface area contributed by atoms with Gasteiger partial charge in [0.15, 0.2) is 0 Å². The van der Waals surface area contributed by atoms with Gasteiger partial charge in [-0.25, -0.2) is 5.01 Å². The van der Waals surface area contributed by atoms with Crippen LogP contribution in [-0.4, -0.2) is 23.9 Å². The lowest BCUT2D eigenvalue weighted by Crippen LogP contribution is -2.33. The molecule has 5 heteroatoms. The van der Waals surface area contributed by atoms with Crippen LogP contribution in [0.1, 0.15) is 101 Å². The van der Waals surface area contributed by atoms with Crippen LogP contribution >= 0.6 is 0 Å². The molecule has 0 bridgehead atoms. The molecule has 0 fully saturated rings.